The van der Waals surface area contributed by atoms with Crippen molar-refractivity contribution in [2.75, 3.05) is 26.3 Å². The summed E-state index contributed by atoms with van der Waals surface area (Å²) in [4.78, 5) is 44.8. The highest BCUT2D eigenvalue weighted by molar-refractivity contribution is 6.37. The predicted octanol–water partition coefficient (Wildman–Crippen LogP) is 9.59. The number of hydrogen-bond donors (Lipinski definition) is 1. The van der Waals surface area contributed by atoms with Crippen LogP contribution in [0.4, 0.5) is 9.59 Å². The van der Waals surface area contributed by atoms with Crippen LogP contribution in [-0.2, 0) is 22.6 Å². The van der Waals surface area contributed by atoms with E-state index in [1.54, 1.807) is 17.0 Å². The number of aryl methyl sites for hydroxylation is 1. The van der Waals surface area contributed by atoms with Crippen LogP contribution in [0.2, 0.25) is 15.1 Å². The lowest BCUT2D eigenvalue weighted by Crippen LogP contribution is -2.49. The smallest absolute Gasteiger partial charge is 0.410 e. The molecular weight excluding hydrogens is 753 g/mol. The number of hydrogen-bond acceptors (Lipinski definition) is 6. The Bertz CT molecular complexity index is 1820. The molecule has 10 nitrogen and oxygen atoms in total. The van der Waals surface area contributed by atoms with Gasteiger partial charge in [-0.05, 0) is 118 Å². The zero-order valence-electron chi connectivity index (χ0n) is 31.2. The first-order valence-corrected chi connectivity index (χ1v) is 19.7. The quantitative estimate of drug-likeness (QED) is 0.172. The van der Waals surface area contributed by atoms with Gasteiger partial charge in [-0.25, -0.2) is 9.59 Å². The minimum atomic E-state index is -1.04. The second-order valence-corrected chi connectivity index (χ2v) is 16.7. The number of benzene rings is 3. The lowest BCUT2D eigenvalue weighted by molar-refractivity contribution is -0.139. The second-order valence-electron chi connectivity index (χ2n) is 15.5. The fourth-order valence-electron chi connectivity index (χ4n) is 6.98. The van der Waals surface area contributed by atoms with Gasteiger partial charge in [-0.2, -0.15) is 0 Å². The number of carbonyl (C=O) groups is 3. The minimum Gasteiger partial charge on any atom is -0.490 e. The van der Waals surface area contributed by atoms with Gasteiger partial charge in [-0.1, -0.05) is 59.1 Å². The first-order chi connectivity index (χ1) is 25.7. The molecule has 290 valence electrons. The molecule has 2 atom stereocenters. The molecule has 0 bridgehead atoms. The summed E-state index contributed by atoms with van der Waals surface area (Å²) in [6, 6.07) is 17.1. The van der Waals surface area contributed by atoms with Crippen molar-refractivity contribution < 1.29 is 33.7 Å². The molecular formula is C41H48Cl3N3O7. The number of carbonyl (C=O) groups excluding carboxylic acids is 2. The molecule has 13 heteroatoms. The summed E-state index contributed by atoms with van der Waals surface area (Å²) in [6.45, 7) is 9.07. The van der Waals surface area contributed by atoms with Crippen molar-refractivity contribution in [1.29, 1.82) is 0 Å². The van der Waals surface area contributed by atoms with Gasteiger partial charge in [0, 0.05) is 43.3 Å². The fourth-order valence-corrected chi connectivity index (χ4v) is 7.86. The fraction of sp³-hybridized carbons (Fsp3) is 0.488. The molecule has 3 aliphatic rings. The van der Waals surface area contributed by atoms with Gasteiger partial charge in [0.1, 0.15) is 24.6 Å². The molecule has 2 aliphatic carbocycles. The van der Waals surface area contributed by atoms with Crippen LogP contribution >= 0.6 is 34.8 Å². The van der Waals surface area contributed by atoms with E-state index in [1.165, 1.54) is 4.90 Å². The van der Waals surface area contributed by atoms with E-state index >= 15 is 0 Å². The monoisotopic (exact) mass is 799 g/mol. The summed E-state index contributed by atoms with van der Waals surface area (Å²) < 4.78 is 17.4. The highest BCUT2D eigenvalue weighted by atomic mass is 35.5. The van der Waals surface area contributed by atoms with E-state index in [4.69, 9.17) is 49.0 Å². The third-order valence-electron chi connectivity index (χ3n) is 9.94. The number of likely N-dealkylation sites (tertiary alicyclic amines) is 1. The van der Waals surface area contributed by atoms with Gasteiger partial charge in [-0.15, -0.1) is 0 Å². The standard InChI is InChI=1S/C41H48Cl3N3O7/c1-25-19-35(43)37(36(44)20-25)53-18-17-52-31-12-6-27(7-13-31)32-15-16-45(39(49)50)24-33(32)38(48)46(29-8-9-29)23-28-21-26(5-14-34(28)42)22-47(30-10-11-30)40(51)54-41(2,3)4/h5-7,12-14,19-21,29-30,32-33H,8-11,15-18,22-24H2,1-4H3,(H,49,50)/t32-,33+/m1/s1. The molecule has 54 heavy (non-hydrogen) atoms. The number of carboxylic acid groups (broad SMARTS) is 1. The second kappa shape index (κ2) is 16.9. The van der Waals surface area contributed by atoms with Crippen molar-refractivity contribution in [2.24, 2.45) is 5.92 Å². The van der Waals surface area contributed by atoms with E-state index in [9.17, 15) is 19.5 Å². The SMILES string of the molecule is Cc1cc(Cl)c(OCCOc2ccc([C@H]3CCN(C(=O)O)C[C@@H]3C(=O)N(Cc3cc(CN(C(=O)OC(C)(C)C)C4CC4)ccc3Cl)C3CC3)cc2)c(Cl)c1. The summed E-state index contributed by atoms with van der Waals surface area (Å²) in [5.41, 5.74) is 2.97. The summed E-state index contributed by atoms with van der Waals surface area (Å²) in [6.07, 6.45) is 2.74. The topological polar surface area (TPSA) is 109 Å². The van der Waals surface area contributed by atoms with Crippen LogP contribution in [0.3, 0.4) is 0 Å². The number of rotatable bonds is 13. The molecule has 3 aromatic rings. The summed E-state index contributed by atoms with van der Waals surface area (Å²) in [5.74, 6) is 0.184. The largest absolute Gasteiger partial charge is 0.490 e. The zero-order valence-corrected chi connectivity index (χ0v) is 33.4. The van der Waals surface area contributed by atoms with E-state index in [1.807, 2.05) is 75.1 Å². The Morgan fingerprint density at radius 2 is 1.44 bits per heavy atom. The molecule has 3 aromatic carbocycles. The third kappa shape index (κ3) is 10.3. The molecule has 0 aromatic heterocycles. The van der Waals surface area contributed by atoms with Crippen molar-refractivity contribution in [3.05, 3.63) is 91.9 Å². The first kappa shape index (κ1) is 39.8. The van der Waals surface area contributed by atoms with E-state index in [0.29, 0.717) is 46.1 Å². The molecule has 2 saturated carbocycles. The van der Waals surface area contributed by atoms with Gasteiger partial charge in [0.2, 0.25) is 5.91 Å². The van der Waals surface area contributed by atoms with Crippen LogP contribution in [-0.4, -0.2) is 81.9 Å². The maximum Gasteiger partial charge on any atom is 0.410 e. The Morgan fingerprint density at radius 1 is 0.815 bits per heavy atom. The highest BCUT2D eigenvalue weighted by Gasteiger charge is 2.43. The Hall–Kier alpha value is -3.86. The van der Waals surface area contributed by atoms with Crippen molar-refractivity contribution in [2.45, 2.75) is 96.5 Å². The van der Waals surface area contributed by atoms with Crippen molar-refractivity contribution in [3.63, 3.8) is 0 Å². The molecule has 3 fully saturated rings. The van der Waals surface area contributed by atoms with Gasteiger partial charge in [-0.3, -0.25) is 4.79 Å². The van der Waals surface area contributed by atoms with Crippen molar-refractivity contribution in [3.8, 4) is 11.5 Å². The number of amides is 3. The van der Waals surface area contributed by atoms with Gasteiger partial charge in [0.05, 0.1) is 16.0 Å². The van der Waals surface area contributed by atoms with Crippen LogP contribution in [0.25, 0.3) is 0 Å². The Morgan fingerprint density at radius 3 is 2.06 bits per heavy atom. The van der Waals surface area contributed by atoms with Crippen LogP contribution in [0, 0.1) is 12.8 Å². The summed E-state index contributed by atoms with van der Waals surface area (Å²) in [5, 5.41) is 11.3. The molecule has 1 aliphatic heterocycles. The lowest BCUT2D eigenvalue weighted by atomic mass is 9.79. The maximum atomic E-state index is 14.6. The van der Waals surface area contributed by atoms with Crippen LogP contribution in [0.1, 0.15) is 81.0 Å². The Labute approximate surface area is 332 Å². The molecule has 0 unspecified atom stereocenters. The number of halogens is 3. The van der Waals surface area contributed by atoms with Crippen molar-refractivity contribution in [1.82, 2.24) is 14.7 Å². The molecule has 3 amide bonds. The summed E-state index contributed by atoms with van der Waals surface area (Å²) in [7, 11) is 0. The Kier molecular flexibility index (Phi) is 12.4. The Balaban J connectivity index is 1.14. The molecule has 1 N–H and O–H groups in total. The van der Waals surface area contributed by atoms with Crippen LogP contribution in [0.15, 0.2) is 54.6 Å². The highest BCUT2D eigenvalue weighted by Crippen LogP contribution is 2.40. The maximum absolute atomic E-state index is 14.6. The van der Waals surface area contributed by atoms with Gasteiger partial charge < -0.3 is 34.0 Å². The van der Waals surface area contributed by atoms with Gasteiger partial charge >= 0.3 is 12.2 Å². The van der Waals surface area contributed by atoms with E-state index in [2.05, 4.69) is 0 Å². The average Bonchev–Trinajstić information content (AvgIpc) is 4.04. The zero-order chi connectivity index (χ0) is 38.7. The molecule has 6 rings (SSSR count). The van der Waals surface area contributed by atoms with E-state index in [0.717, 1.165) is 47.9 Å². The van der Waals surface area contributed by atoms with Crippen LogP contribution < -0.4 is 9.47 Å². The number of piperidine rings is 1. The molecule has 1 saturated heterocycles. The van der Waals surface area contributed by atoms with Gasteiger partial charge in [0.15, 0.2) is 5.75 Å². The molecule has 0 radical (unpaired) electrons. The van der Waals surface area contributed by atoms with E-state index < -0.39 is 17.6 Å². The number of nitrogens with zero attached hydrogens (tertiary/aromatic N) is 3. The minimum absolute atomic E-state index is 0.0467. The number of ether oxygens (including phenoxy) is 3. The molecule has 0 spiro atoms. The molecule has 1 heterocycles. The van der Waals surface area contributed by atoms with Crippen molar-refractivity contribution >= 4 is 52.9 Å². The summed E-state index contributed by atoms with van der Waals surface area (Å²) >= 11 is 19.3. The predicted molar refractivity (Wildman–Crippen MR) is 209 cm³/mol. The average molecular weight is 801 g/mol. The third-order valence-corrected chi connectivity index (χ3v) is 10.9. The van der Waals surface area contributed by atoms with Gasteiger partial charge in [0.25, 0.3) is 0 Å². The lowest BCUT2D eigenvalue weighted by Gasteiger charge is -2.39. The van der Waals surface area contributed by atoms with Crippen LogP contribution in [0.5, 0.6) is 11.5 Å². The normalized spacial score (nSPS) is 18.5. The van der Waals surface area contributed by atoms with E-state index in [-0.39, 0.29) is 56.3 Å². The first-order valence-electron chi connectivity index (χ1n) is 18.5.